The van der Waals surface area contributed by atoms with Gasteiger partial charge in [0.15, 0.2) is 0 Å². The van der Waals surface area contributed by atoms with Gasteiger partial charge in [-0.3, -0.25) is 0 Å². The molecule has 1 unspecified atom stereocenters. The average molecular weight is 267 g/mol. The second-order valence-electron chi connectivity index (χ2n) is 5.91. The van der Waals surface area contributed by atoms with Gasteiger partial charge in [0.05, 0.1) is 0 Å². The summed E-state index contributed by atoms with van der Waals surface area (Å²) in [6.45, 7) is 10.1. The molecule has 1 aromatic heterocycles. The Labute approximate surface area is 115 Å². The first-order chi connectivity index (χ1) is 8.58. The van der Waals surface area contributed by atoms with E-state index in [2.05, 4.69) is 53.9 Å². The molecule has 1 aliphatic heterocycles. The van der Waals surface area contributed by atoms with Gasteiger partial charge in [0.25, 0.3) is 0 Å². The molecule has 1 aliphatic rings. The molecular formula is C14H25N3S. The lowest BCUT2D eigenvalue weighted by Gasteiger charge is -2.32. The summed E-state index contributed by atoms with van der Waals surface area (Å²) in [5.74, 6) is 0. The van der Waals surface area contributed by atoms with Gasteiger partial charge >= 0.3 is 0 Å². The van der Waals surface area contributed by atoms with Gasteiger partial charge in [-0.15, -0.1) is 11.3 Å². The molecule has 0 saturated carbocycles. The van der Waals surface area contributed by atoms with E-state index in [-0.39, 0.29) is 5.41 Å². The van der Waals surface area contributed by atoms with Crippen LogP contribution < -0.4 is 10.6 Å². The highest BCUT2D eigenvalue weighted by Crippen LogP contribution is 2.26. The van der Waals surface area contributed by atoms with Crippen LogP contribution >= 0.6 is 11.3 Å². The van der Waals surface area contributed by atoms with Crippen molar-refractivity contribution in [1.82, 2.24) is 15.5 Å². The first-order valence-electron chi connectivity index (χ1n) is 6.74. The minimum absolute atomic E-state index is 0.231. The summed E-state index contributed by atoms with van der Waals surface area (Å²) in [7, 11) is 2.20. The smallest absolute Gasteiger partial charge is 0.0320 e. The van der Waals surface area contributed by atoms with Gasteiger partial charge in [-0.1, -0.05) is 19.9 Å². The van der Waals surface area contributed by atoms with Crippen molar-refractivity contribution in [1.29, 1.82) is 0 Å². The van der Waals surface area contributed by atoms with Crippen LogP contribution in [0.15, 0.2) is 17.5 Å². The second-order valence-corrected chi connectivity index (χ2v) is 6.85. The Balaban J connectivity index is 1.74. The highest BCUT2D eigenvalue weighted by molar-refractivity contribution is 7.10. The van der Waals surface area contributed by atoms with Crippen molar-refractivity contribution in [3.8, 4) is 0 Å². The summed E-state index contributed by atoms with van der Waals surface area (Å²) < 4.78 is 0. The Morgan fingerprint density at radius 2 is 2.39 bits per heavy atom. The second kappa shape index (κ2) is 6.15. The minimum Gasteiger partial charge on any atom is -0.314 e. The molecule has 2 N–H and O–H groups in total. The quantitative estimate of drug-likeness (QED) is 0.847. The molecule has 1 fully saturated rings. The fraction of sp³-hybridized carbons (Fsp3) is 0.714. The number of thiophene rings is 1. The van der Waals surface area contributed by atoms with Gasteiger partial charge in [-0.2, -0.15) is 0 Å². The molecule has 0 amide bonds. The molecule has 0 radical (unpaired) electrons. The third-order valence-corrected chi connectivity index (χ3v) is 4.84. The fourth-order valence-corrected chi connectivity index (χ4v) is 3.29. The van der Waals surface area contributed by atoms with Crippen molar-refractivity contribution < 1.29 is 0 Å². The van der Waals surface area contributed by atoms with E-state index in [0.29, 0.717) is 6.04 Å². The topological polar surface area (TPSA) is 27.3 Å². The van der Waals surface area contributed by atoms with Crippen LogP contribution in [0.5, 0.6) is 0 Å². The Morgan fingerprint density at radius 1 is 1.56 bits per heavy atom. The average Bonchev–Trinajstić information content (AvgIpc) is 2.83. The van der Waals surface area contributed by atoms with E-state index in [0.717, 1.165) is 32.7 Å². The highest BCUT2D eigenvalue weighted by Gasteiger charge is 2.22. The Morgan fingerprint density at radius 3 is 3.06 bits per heavy atom. The maximum Gasteiger partial charge on any atom is 0.0320 e. The summed E-state index contributed by atoms with van der Waals surface area (Å²) in [6, 6.07) is 4.96. The van der Waals surface area contributed by atoms with Crippen molar-refractivity contribution in [3.63, 3.8) is 0 Å². The van der Waals surface area contributed by atoms with Crippen LogP contribution in [0.1, 0.15) is 18.7 Å². The van der Waals surface area contributed by atoms with Crippen LogP contribution in [0, 0.1) is 0 Å². The number of hydrogen-bond donors (Lipinski definition) is 2. The molecule has 2 heterocycles. The van der Waals surface area contributed by atoms with Gasteiger partial charge in [-0.25, -0.2) is 0 Å². The van der Waals surface area contributed by atoms with Crippen LogP contribution in [-0.2, 0) is 5.41 Å². The molecular weight excluding hydrogens is 242 g/mol. The lowest BCUT2D eigenvalue weighted by Crippen LogP contribution is -2.53. The van der Waals surface area contributed by atoms with E-state index in [1.54, 1.807) is 0 Å². The monoisotopic (exact) mass is 267 g/mol. The van der Waals surface area contributed by atoms with Gasteiger partial charge in [-0.05, 0) is 18.5 Å². The van der Waals surface area contributed by atoms with Crippen molar-refractivity contribution in [2.45, 2.75) is 25.3 Å². The molecule has 1 atom stereocenters. The summed E-state index contributed by atoms with van der Waals surface area (Å²) >= 11 is 1.85. The largest absolute Gasteiger partial charge is 0.314 e. The molecule has 0 spiro atoms. The van der Waals surface area contributed by atoms with Crippen molar-refractivity contribution in [3.05, 3.63) is 22.4 Å². The van der Waals surface area contributed by atoms with E-state index in [9.17, 15) is 0 Å². The standard InChI is InChI=1S/C14H25N3S/c1-14(2,13-5-4-8-18-13)11-15-9-12-10-17(3)7-6-16-12/h4-5,8,12,15-16H,6-7,9-11H2,1-3H3. The maximum atomic E-state index is 3.62. The first kappa shape index (κ1) is 14.0. The lowest BCUT2D eigenvalue weighted by molar-refractivity contribution is 0.233. The zero-order valence-electron chi connectivity index (χ0n) is 11.7. The summed E-state index contributed by atoms with van der Waals surface area (Å²) in [5.41, 5.74) is 0.231. The molecule has 1 saturated heterocycles. The molecule has 4 heteroatoms. The van der Waals surface area contributed by atoms with Crippen LogP contribution in [0.2, 0.25) is 0 Å². The predicted molar refractivity (Wildman–Crippen MR) is 79.5 cm³/mol. The maximum absolute atomic E-state index is 3.62. The Bertz CT molecular complexity index is 348. The molecule has 0 bridgehead atoms. The van der Waals surface area contributed by atoms with Gasteiger partial charge in [0.2, 0.25) is 0 Å². The predicted octanol–water partition coefficient (Wildman–Crippen LogP) is 1.52. The molecule has 3 nitrogen and oxygen atoms in total. The van der Waals surface area contributed by atoms with Gasteiger partial charge in [0, 0.05) is 49.1 Å². The van der Waals surface area contributed by atoms with Crippen molar-refractivity contribution >= 4 is 11.3 Å². The molecule has 0 aliphatic carbocycles. The number of piperazine rings is 1. The zero-order valence-corrected chi connectivity index (χ0v) is 12.5. The van der Waals surface area contributed by atoms with Gasteiger partial charge < -0.3 is 15.5 Å². The zero-order chi connectivity index (χ0) is 13.0. The first-order valence-corrected chi connectivity index (χ1v) is 7.62. The highest BCUT2D eigenvalue weighted by atomic mass is 32.1. The van der Waals surface area contributed by atoms with Crippen molar-refractivity contribution in [2.24, 2.45) is 0 Å². The van der Waals surface area contributed by atoms with E-state index < -0.39 is 0 Å². The third-order valence-electron chi connectivity index (χ3n) is 3.60. The van der Waals surface area contributed by atoms with Crippen LogP contribution in [0.3, 0.4) is 0 Å². The lowest BCUT2D eigenvalue weighted by atomic mass is 9.91. The number of hydrogen-bond acceptors (Lipinski definition) is 4. The fourth-order valence-electron chi connectivity index (χ4n) is 2.44. The summed E-state index contributed by atoms with van der Waals surface area (Å²) in [4.78, 5) is 3.86. The van der Waals surface area contributed by atoms with Gasteiger partial charge in [0.1, 0.15) is 0 Å². The van der Waals surface area contributed by atoms with E-state index in [1.165, 1.54) is 4.88 Å². The molecule has 18 heavy (non-hydrogen) atoms. The molecule has 0 aromatic carbocycles. The summed E-state index contributed by atoms with van der Waals surface area (Å²) in [6.07, 6.45) is 0. The third kappa shape index (κ3) is 3.79. The number of nitrogens with one attached hydrogen (secondary N) is 2. The van der Waals surface area contributed by atoms with Crippen LogP contribution in [0.4, 0.5) is 0 Å². The van der Waals surface area contributed by atoms with Crippen LogP contribution in [-0.4, -0.2) is 50.7 Å². The van der Waals surface area contributed by atoms with E-state index >= 15 is 0 Å². The summed E-state index contributed by atoms with van der Waals surface area (Å²) in [5, 5.41) is 9.35. The molecule has 102 valence electrons. The Kier molecular flexibility index (Phi) is 4.78. The number of rotatable bonds is 5. The Hall–Kier alpha value is -0.420. The minimum atomic E-state index is 0.231. The molecule has 1 aromatic rings. The van der Waals surface area contributed by atoms with E-state index in [1.807, 2.05) is 11.3 Å². The number of likely N-dealkylation sites (N-methyl/N-ethyl adjacent to an activating group) is 1. The number of nitrogens with zero attached hydrogens (tertiary/aromatic N) is 1. The van der Waals surface area contributed by atoms with Crippen LogP contribution in [0.25, 0.3) is 0 Å². The SMILES string of the molecule is CN1CCNC(CNCC(C)(C)c2cccs2)C1. The normalized spacial score (nSPS) is 22.3. The van der Waals surface area contributed by atoms with E-state index in [4.69, 9.17) is 0 Å². The van der Waals surface area contributed by atoms with Crippen molar-refractivity contribution in [2.75, 3.05) is 39.8 Å². The molecule has 2 rings (SSSR count).